The fourth-order valence-electron chi connectivity index (χ4n) is 1.47. The lowest BCUT2D eigenvalue weighted by atomic mass is 10.0. The summed E-state index contributed by atoms with van der Waals surface area (Å²) in [4.78, 5) is 0. The van der Waals surface area contributed by atoms with Crippen LogP contribution in [0.25, 0.3) is 0 Å². The molecule has 0 aliphatic carbocycles. The molecule has 15 heavy (non-hydrogen) atoms. The van der Waals surface area contributed by atoms with E-state index in [9.17, 15) is 4.39 Å². The van der Waals surface area contributed by atoms with E-state index in [1.54, 1.807) is 36.4 Å². The summed E-state index contributed by atoms with van der Waals surface area (Å²) in [5, 5.41) is 0. The van der Waals surface area contributed by atoms with Crippen molar-refractivity contribution in [1.29, 1.82) is 0 Å². The quantitative estimate of drug-likeness (QED) is 0.705. The maximum Gasteiger partial charge on any atom is 0.129 e. The van der Waals surface area contributed by atoms with Crippen molar-refractivity contribution in [3.63, 3.8) is 0 Å². The molecule has 0 fully saturated rings. The molecule has 0 radical (unpaired) electrons. The first-order valence-corrected chi connectivity index (χ1v) is 4.95. The van der Waals surface area contributed by atoms with Crippen molar-refractivity contribution in [1.82, 2.24) is 0 Å². The van der Waals surface area contributed by atoms with Crippen LogP contribution in [0.2, 0.25) is 0 Å². The molecule has 2 atom stereocenters. The van der Waals surface area contributed by atoms with Gasteiger partial charge < -0.3 is 0 Å². The number of hydrogen-bond acceptors (Lipinski definition) is 0. The molecule has 0 unspecified atom stereocenters. The minimum atomic E-state index is -1.27. The lowest BCUT2D eigenvalue weighted by molar-refractivity contribution is 0.342. The Hall–Kier alpha value is -1.63. The van der Waals surface area contributed by atoms with Gasteiger partial charge in [-0.05, 0) is 11.1 Å². The standard InChI is InChI=1S/C14H13F/c15-14(13-9-5-2-6-10-13)11-12-7-3-1-4-8-12/h1-10,14H,11H2/t14-/m0/s1/i11D/t11-,14-. The smallest absolute Gasteiger partial charge is 0.129 e. The van der Waals surface area contributed by atoms with Gasteiger partial charge in [-0.25, -0.2) is 4.39 Å². The summed E-state index contributed by atoms with van der Waals surface area (Å²) >= 11 is 0. The Kier molecular flexibility index (Phi) is 2.74. The van der Waals surface area contributed by atoms with Crippen LogP contribution in [0.4, 0.5) is 4.39 Å². The minimum absolute atomic E-state index is 0.561. The molecule has 0 amide bonds. The van der Waals surface area contributed by atoms with E-state index in [1.807, 2.05) is 24.3 Å². The molecule has 1 heteroatoms. The Morgan fingerprint density at radius 1 is 0.933 bits per heavy atom. The van der Waals surface area contributed by atoms with Gasteiger partial charge in [-0.1, -0.05) is 60.7 Å². The van der Waals surface area contributed by atoms with Gasteiger partial charge in [0.15, 0.2) is 0 Å². The Labute approximate surface area is 90.8 Å². The molecule has 0 aliphatic rings. The first kappa shape index (κ1) is 8.66. The van der Waals surface area contributed by atoms with E-state index >= 15 is 0 Å². The fourth-order valence-corrected chi connectivity index (χ4v) is 1.47. The first-order chi connectivity index (χ1) is 7.79. The van der Waals surface area contributed by atoms with Crippen molar-refractivity contribution < 1.29 is 5.76 Å². The maximum absolute atomic E-state index is 14.0. The minimum Gasteiger partial charge on any atom is -0.242 e. The molecule has 0 nitrogen and oxygen atoms in total. The second-order valence-corrected chi connectivity index (χ2v) is 3.39. The Morgan fingerprint density at radius 2 is 1.47 bits per heavy atom. The lowest BCUT2D eigenvalue weighted by Gasteiger charge is -2.08. The normalized spacial score (nSPS) is 15.4. The summed E-state index contributed by atoms with van der Waals surface area (Å²) in [5.41, 5.74) is 1.27. The van der Waals surface area contributed by atoms with E-state index in [2.05, 4.69) is 0 Å². The molecular formula is C14H13F. The molecular weight excluding hydrogens is 187 g/mol. The zero-order chi connectivity index (χ0) is 11.4. The predicted octanol–water partition coefficient (Wildman–Crippen LogP) is 3.94. The van der Waals surface area contributed by atoms with Gasteiger partial charge in [0.2, 0.25) is 0 Å². The Bertz CT molecular complexity index is 384. The van der Waals surface area contributed by atoms with E-state index in [4.69, 9.17) is 1.37 Å². The summed E-state index contributed by atoms with van der Waals surface area (Å²) < 4.78 is 21.9. The van der Waals surface area contributed by atoms with E-state index in [1.165, 1.54) is 0 Å². The summed E-state index contributed by atoms with van der Waals surface area (Å²) in [7, 11) is 0. The topological polar surface area (TPSA) is 0 Å². The molecule has 2 aromatic rings. The monoisotopic (exact) mass is 201 g/mol. The van der Waals surface area contributed by atoms with Gasteiger partial charge in [-0.15, -0.1) is 0 Å². The van der Waals surface area contributed by atoms with Crippen LogP contribution < -0.4 is 0 Å². The van der Waals surface area contributed by atoms with Crippen molar-refractivity contribution >= 4 is 0 Å². The molecule has 2 aromatic carbocycles. The third-order valence-corrected chi connectivity index (χ3v) is 2.26. The summed E-state index contributed by atoms with van der Waals surface area (Å²) in [5.74, 6) is 0. The van der Waals surface area contributed by atoms with Gasteiger partial charge in [-0.3, -0.25) is 0 Å². The molecule has 0 aromatic heterocycles. The fraction of sp³-hybridized carbons (Fsp3) is 0.143. The van der Waals surface area contributed by atoms with Crippen molar-refractivity contribution in [3.05, 3.63) is 71.8 Å². The highest BCUT2D eigenvalue weighted by Gasteiger charge is 2.09. The predicted molar refractivity (Wildman–Crippen MR) is 60.4 cm³/mol. The van der Waals surface area contributed by atoms with Crippen LogP contribution >= 0.6 is 0 Å². The molecule has 0 spiro atoms. The van der Waals surface area contributed by atoms with Crippen molar-refractivity contribution in [2.24, 2.45) is 0 Å². The molecule has 2 rings (SSSR count). The molecule has 0 heterocycles. The number of alkyl halides is 1. The van der Waals surface area contributed by atoms with Crippen LogP contribution in [0.15, 0.2) is 60.7 Å². The zero-order valence-electron chi connectivity index (χ0n) is 9.31. The largest absolute Gasteiger partial charge is 0.242 e. The zero-order valence-corrected chi connectivity index (χ0v) is 8.31. The number of benzene rings is 2. The van der Waals surface area contributed by atoms with Crippen LogP contribution in [0.1, 0.15) is 18.7 Å². The number of hydrogen-bond donors (Lipinski definition) is 0. The van der Waals surface area contributed by atoms with Crippen LogP contribution in [-0.2, 0) is 6.40 Å². The molecule has 0 saturated heterocycles. The highest BCUT2D eigenvalue weighted by molar-refractivity contribution is 5.22. The van der Waals surface area contributed by atoms with Crippen LogP contribution in [-0.4, -0.2) is 0 Å². The summed E-state index contributed by atoms with van der Waals surface area (Å²) in [6.45, 7) is 0. The van der Waals surface area contributed by atoms with Gasteiger partial charge in [0.05, 0.1) is 0 Å². The molecule has 0 aliphatic heterocycles. The van der Waals surface area contributed by atoms with Crippen molar-refractivity contribution in [2.75, 3.05) is 0 Å². The average Bonchev–Trinajstić information content (AvgIpc) is 2.39. The second-order valence-electron chi connectivity index (χ2n) is 3.39. The second kappa shape index (κ2) is 4.74. The number of rotatable bonds is 3. The highest BCUT2D eigenvalue weighted by atomic mass is 19.1. The molecule has 76 valence electrons. The third kappa shape index (κ3) is 2.66. The molecule has 0 N–H and O–H groups in total. The van der Waals surface area contributed by atoms with Crippen molar-refractivity contribution in [3.8, 4) is 0 Å². The van der Waals surface area contributed by atoms with Crippen LogP contribution in [0.5, 0.6) is 0 Å². The van der Waals surface area contributed by atoms with Gasteiger partial charge in [-0.2, -0.15) is 0 Å². The van der Waals surface area contributed by atoms with Gasteiger partial charge >= 0.3 is 0 Å². The summed E-state index contributed by atoms with van der Waals surface area (Å²) in [6, 6.07) is 18.0. The average molecular weight is 201 g/mol. The third-order valence-electron chi connectivity index (χ3n) is 2.26. The Morgan fingerprint density at radius 3 is 2.07 bits per heavy atom. The highest BCUT2D eigenvalue weighted by Crippen LogP contribution is 2.21. The van der Waals surface area contributed by atoms with Crippen LogP contribution in [0, 0.1) is 0 Å². The molecule has 0 bridgehead atoms. The van der Waals surface area contributed by atoms with Gasteiger partial charge in [0.25, 0.3) is 0 Å². The van der Waals surface area contributed by atoms with E-state index in [-0.39, 0.29) is 0 Å². The van der Waals surface area contributed by atoms with E-state index < -0.39 is 12.6 Å². The van der Waals surface area contributed by atoms with Crippen LogP contribution in [0.3, 0.4) is 0 Å². The number of halogens is 1. The Balaban J connectivity index is 2.20. The SMILES string of the molecule is [2H][C@@H](c1ccccc1)[C@H](F)c1ccccc1. The van der Waals surface area contributed by atoms with Gasteiger partial charge in [0, 0.05) is 7.77 Å². The first-order valence-electron chi connectivity index (χ1n) is 5.53. The van der Waals surface area contributed by atoms with E-state index in [0.29, 0.717) is 11.1 Å². The molecule has 0 saturated carbocycles. The van der Waals surface area contributed by atoms with E-state index in [0.717, 1.165) is 0 Å². The lowest BCUT2D eigenvalue weighted by Crippen LogP contribution is -1.96. The van der Waals surface area contributed by atoms with Crippen molar-refractivity contribution in [2.45, 2.75) is 12.6 Å². The maximum atomic E-state index is 14.0. The summed E-state index contributed by atoms with van der Waals surface area (Å²) in [6.07, 6.45) is -2.13. The van der Waals surface area contributed by atoms with Gasteiger partial charge in [0.1, 0.15) is 6.17 Å².